The molecule has 7 heavy (non-hydrogen) atoms. The van der Waals surface area contributed by atoms with Gasteiger partial charge in [0.2, 0.25) is 0 Å². The fraction of sp³-hybridized carbons (Fsp3) is 0. The van der Waals surface area contributed by atoms with E-state index in [1.54, 1.807) is 11.8 Å². The molecule has 0 aliphatic rings. The molecule has 0 unspecified atom stereocenters. The molecule has 0 saturated carbocycles. The van der Waals surface area contributed by atoms with Crippen LogP contribution in [0.5, 0.6) is 0 Å². The maximum absolute atomic E-state index is 7.86. The van der Waals surface area contributed by atoms with Crippen LogP contribution in [-0.4, -0.2) is 9.52 Å². The molecule has 0 heterocycles. The van der Waals surface area contributed by atoms with Crippen molar-refractivity contribution in [3.05, 3.63) is 12.3 Å². The van der Waals surface area contributed by atoms with Gasteiger partial charge in [-0.15, -0.1) is 12.1 Å². The van der Waals surface area contributed by atoms with Crippen molar-refractivity contribution in [2.75, 3.05) is 0 Å². The Bertz CT molecular complexity index is 144. The lowest BCUT2D eigenvalue weighted by molar-refractivity contribution is 1.55. The maximum Gasteiger partial charge on any atom is 0.151 e. The number of rotatable bonds is 1. The second-order valence-corrected chi connectivity index (χ2v) is 2.25. The van der Waals surface area contributed by atoms with Crippen molar-refractivity contribution in [2.45, 2.75) is 0 Å². The van der Waals surface area contributed by atoms with Gasteiger partial charge in [-0.1, -0.05) is 5.70 Å². The average molecular weight is 107 g/mol. The molecule has 0 aliphatic heterocycles. The van der Waals surface area contributed by atoms with Crippen LogP contribution >= 0.6 is 0 Å². The Morgan fingerprint density at radius 2 is 2.43 bits per heavy atom. The summed E-state index contributed by atoms with van der Waals surface area (Å²) < 4.78 is 0. The van der Waals surface area contributed by atoms with Crippen LogP contribution < -0.4 is 0 Å². The first kappa shape index (κ1) is 6.01. The third-order valence-corrected chi connectivity index (χ3v) is 1.06. The molecule has 0 N–H and O–H groups in total. The molecular formula is C5H5NSi. The summed E-state index contributed by atoms with van der Waals surface area (Å²) in [7, 11) is -0.409. The fourth-order valence-corrected chi connectivity index (χ4v) is 0.488. The zero-order valence-corrected chi connectivity index (χ0v) is 5.35. The van der Waals surface area contributed by atoms with Crippen LogP contribution in [0.25, 0.3) is 0 Å². The second kappa shape index (κ2) is 5.01. The van der Waals surface area contributed by atoms with Crippen LogP contribution in [0.3, 0.4) is 0 Å². The van der Waals surface area contributed by atoms with Crippen molar-refractivity contribution in [1.29, 1.82) is 5.26 Å². The first-order valence-corrected chi connectivity index (χ1v) is 3.42. The lowest BCUT2D eigenvalue weighted by Gasteiger charge is -1.60. The van der Waals surface area contributed by atoms with Gasteiger partial charge >= 0.3 is 0 Å². The molecule has 0 aromatic carbocycles. The van der Waals surface area contributed by atoms with Gasteiger partial charge in [0.15, 0.2) is 6.07 Å². The van der Waals surface area contributed by atoms with Gasteiger partial charge in [0.05, 0.1) is 0 Å². The monoisotopic (exact) mass is 107 g/mol. The zero-order valence-electron chi connectivity index (χ0n) is 3.94. The molecule has 0 atom stereocenters. The molecule has 0 fully saturated rings. The summed E-state index contributed by atoms with van der Waals surface area (Å²) in [6.07, 6.45) is 0. The Morgan fingerprint density at radius 3 is 2.86 bits per heavy atom. The minimum absolute atomic E-state index is 0.409. The molecule has 0 rings (SSSR count). The van der Waals surface area contributed by atoms with Gasteiger partial charge in [0.1, 0.15) is 9.52 Å². The highest BCUT2D eigenvalue weighted by Gasteiger charge is 1.61. The normalized spacial score (nSPS) is 6.71. The van der Waals surface area contributed by atoms with Crippen molar-refractivity contribution in [3.8, 4) is 17.5 Å². The zero-order chi connectivity index (χ0) is 5.54. The predicted octanol–water partition coefficient (Wildman–Crippen LogP) is -0.217. The Morgan fingerprint density at radius 1 is 1.71 bits per heavy atom. The summed E-state index contributed by atoms with van der Waals surface area (Å²) in [6.45, 7) is 3.48. The minimum atomic E-state index is -0.409. The molecule has 1 nitrogen and oxygen atoms in total. The van der Waals surface area contributed by atoms with Gasteiger partial charge < -0.3 is 0 Å². The summed E-state index contributed by atoms with van der Waals surface area (Å²) in [5, 5.41) is 7.86. The molecule has 0 aromatic rings. The van der Waals surface area contributed by atoms with Gasteiger partial charge in [-0.3, -0.25) is 0 Å². The van der Waals surface area contributed by atoms with E-state index in [4.69, 9.17) is 5.26 Å². The third kappa shape index (κ3) is 5.01. The molecule has 0 aromatic heterocycles. The molecule has 0 saturated heterocycles. The number of nitrogens with zero attached hydrogens (tertiary/aromatic N) is 1. The van der Waals surface area contributed by atoms with E-state index in [2.05, 4.69) is 18.0 Å². The summed E-state index contributed by atoms with van der Waals surface area (Å²) >= 11 is 0. The van der Waals surface area contributed by atoms with Crippen LogP contribution in [0.4, 0.5) is 0 Å². The summed E-state index contributed by atoms with van der Waals surface area (Å²) in [5.74, 6) is 2.30. The van der Waals surface area contributed by atoms with E-state index in [1.165, 1.54) is 0 Å². The standard InChI is InChI=1S/C5H5NSi/c1-2-7-5-3-4-6/h2H,1,7H2. The van der Waals surface area contributed by atoms with E-state index in [1.807, 2.05) is 0 Å². The molecule has 0 radical (unpaired) electrons. The molecule has 0 aliphatic carbocycles. The van der Waals surface area contributed by atoms with Crippen molar-refractivity contribution in [3.63, 3.8) is 0 Å². The van der Waals surface area contributed by atoms with E-state index in [0.717, 1.165) is 0 Å². The molecule has 0 spiro atoms. The summed E-state index contributed by atoms with van der Waals surface area (Å²) in [6, 6.07) is 1.73. The van der Waals surface area contributed by atoms with Crippen LogP contribution in [0.15, 0.2) is 12.3 Å². The van der Waals surface area contributed by atoms with Crippen molar-refractivity contribution < 1.29 is 0 Å². The van der Waals surface area contributed by atoms with Crippen LogP contribution in [-0.2, 0) is 0 Å². The summed E-state index contributed by atoms with van der Waals surface area (Å²) in [5.41, 5.74) is 4.49. The molecule has 0 bridgehead atoms. The number of hydrogen-bond donors (Lipinski definition) is 0. The van der Waals surface area contributed by atoms with E-state index in [0.29, 0.717) is 0 Å². The van der Waals surface area contributed by atoms with Gasteiger partial charge in [0, 0.05) is 5.92 Å². The second-order valence-electron chi connectivity index (χ2n) is 0.906. The summed E-state index contributed by atoms with van der Waals surface area (Å²) in [4.78, 5) is 0. The highest BCUT2D eigenvalue weighted by atomic mass is 28.2. The van der Waals surface area contributed by atoms with E-state index in [9.17, 15) is 0 Å². The van der Waals surface area contributed by atoms with Crippen molar-refractivity contribution >= 4 is 9.52 Å². The fourth-order valence-electron chi connectivity index (χ4n) is 0.163. The lowest BCUT2D eigenvalue weighted by Crippen LogP contribution is -1.72. The van der Waals surface area contributed by atoms with Gasteiger partial charge in [0.25, 0.3) is 0 Å². The smallest absolute Gasteiger partial charge is 0.151 e. The topological polar surface area (TPSA) is 23.8 Å². The van der Waals surface area contributed by atoms with E-state index < -0.39 is 9.52 Å². The van der Waals surface area contributed by atoms with Gasteiger partial charge in [-0.25, -0.2) is 0 Å². The number of nitriles is 1. The molecule has 0 amide bonds. The Kier molecular flexibility index (Phi) is 4.30. The van der Waals surface area contributed by atoms with E-state index in [-0.39, 0.29) is 0 Å². The highest BCUT2D eigenvalue weighted by molar-refractivity contribution is 6.51. The Labute approximate surface area is 45.5 Å². The molecule has 34 valence electrons. The first-order valence-electron chi connectivity index (χ1n) is 1.89. The predicted molar refractivity (Wildman–Crippen MR) is 32.1 cm³/mol. The Hall–Kier alpha value is -0.993. The maximum atomic E-state index is 7.86. The van der Waals surface area contributed by atoms with Crippen molar-refractivity contribution in [1.82, 2.24) is 0 Å². The highest BCUT2D eigenvalue weighted by Crippen LogP contribution is 1.53. The van der Waals surface area contributed by atoms with Crippen molar-refractivity contribution in [2.24, 2.45) is 0 Å². The van der Waals surface area contributed by atoms with E-state index >= 15 is 0 Å². The largest absolute Gasteiger partial charge is 0.183 e. The van der Waals surface area contributed by atoms with Crippen LogP contribution in [0, 0.1) is 22.8 Å². The molecule has 2 heteroatoms. The van der Waals surface area contributed by atoms with Crippen LogP contribution in [0.1, 0.15) is 0 Å². The number of hydrogen-bond acceptors (Lipinski definition) is 1. The average Bonchev–Trinajstić information content (AvgIpc) is 1.69. The SMILES string of the molecule is C=C[SiH2]C#CC#N. The van der Waals surface area contributed by atoms with Gasteiger partial charge in [-0.05, 0) is 0 Å². The third-order valence-electron chi connectivity index (χ3n) is 0.391. The Balaban J connectivity index is 3.30. The first-order chi connectivity index (χ1) is 3.41. The minimum Gasteiger partial charge on any atom is -0.183 e. The van der Waals surface area contributed by atoms with Gasteiger partial charge in [-0.2, -0.15) is 5.26 Å². The molecular weight excluding hydrogens is 102 g/mol. The lowest BCUT2D eigenvalue weighted by atomic mass is 10.8. The van der Waals surface area contributed by atoms with Crippen LogP contribution in [0.2, 0.25) is 0 Å². The quantitative estimate of drug-likeness (QED) is 0.336.